The third kappa shape index (κ3) is 3.55. The molecule has 0 aliphatic heterocycles. The lowest BCUT2D eigenvalue weighted by atomic mass is 10.4. The van der Waals surface area contributed by atoms with Gasteiger partial charge in [0.25, 0.3) is 5.91 Å². The monoisotopic (exact) mass is 282 g/mol. The largest absolute Gasteiger partial charge is 0.483 e. The van der Waals surface area contributed by atoms with Gasteiger partial charge in [0.2, 0.25) is 0 Å². The van der Waals surface area contributed by atoms with Crippen LogP contribution in [0.15, 0.2) is 22.0 Å². The van der Waals surface area contributed by atoms with Crippen LogP contribution in [0.3, 0.4) is 0 Å². The standard InChI is InChI=1S/C11H10N2O5S/c1-6-2-9(13-18-6)12-10(14)4-17-7-3-8(11(15)16)19-5-7/h2-3,5H,4H2,1H3,(H,15,16)(H,12,13,14). The van der Waals surface area contributed by atoms with E-state index in [1.807, 2.05) is 0 Å². The zero-order valence-corrected chi connectivity index (χ0v) is 10.7. The number of carboxylic acids is 1. The second-order valence-electron chi connectivity index (χ2n) is 3.61. The SMILES string of the molecule is Cc1cc(NC(=O)COc2csc(C(=O)O)c2)no1. The number of carbonyl (C=O) groups excluding carboxylic acids is 1. The van der Waals surface area contributed by atoms with Crippen molar-refractivity contribution >= 4 is 29.0 Å². The Balaban J connectivity index is 1.84. The molecular weight excluding hydrogens is 272 g/mol. The van der Waals surface area contributed by atoms with Gasteiger partial charge in [0.15, 0.2) is 12.4 Å². The number of nitrogens with zero attached hydrogens (tertiary/aromatic N) is 1. The van der Waals surface area contributed by atoms with Crippen LogP contribution in [0, 0.1) is 6.92 Å². The Kier molecular flexibility index (Phi) is 3.81. The summed E-state index contributed by atoms with van der Waals surface area (Å²) < 4.78 is 9.94. The molecule has 0 aliphatic carbocycles. The number of carboxylic acid groups (broad SMARTS) is 1. The number of anilines is 1. The van der Waals surface area contributed by atoms with Crippen molar-refractivity contribution in [3.8, 4) is 5.75 Å². The van der Waals surface area contributed by atoms with E-state index in [2.05, 4.69) is 10.5 Å². The summed E-state index contributed by atoms with van der Waals surface area (Å²) in [7, 11) is 0. The number of nitrogens with one attached hydrogen (secondary N) is 1. The van der Waals surface area contributed by atoms with E-state index >= 15 is 0 Å². The van der Waals surface area contributed by atoms with Crippen LogP contribution < -0.4 is 10.1 Å². The Morgan fingerprint density at radius 1 is 1.53 bits per heavy atom. The number of rotatable bonds is 5. The molecule has 0 fully saturated rings. The average molecular weight is 282 g/mol. The molecule has 0 aromatic carbocycles. The third-order valence-corrected chi connectivity index (χ3v) is 2.95. The molecule has 7 nitrogen and oxygen atoms in total. The van der Waals surface area contributed by atoms with Crippen LogP contribution in [0.1, 0.15) is 15.4 Å². The third-order valence-electron chi connectivity index (χ3n) is 2.05. The number of hydrogen-bond donors (Lipinski definition) is 2. The first kappa shape index (κ1) is 13.1. The predicted octanol–water partition coefficient (Wildman–Crippen LogP) is 1.76. The molecular formula is C11H10N2O5S. The van der Waals surface area contributed by atoms with Crippen molar-refractivity contribution < 1.29 is 24.0 Å². The summed E-state index contributed by atoms with van der Waals surface area (Å²) in [5, 5.41) is 16.3. The number of thiophene rings is 1. The lowest BCUT2D eigenvalue weighted by molar-refractivity contribution is -0.118. The highest BCUT2D eigenvalue weighted by molar-refractivity contribution is 7.12. The molecule has 2 N–H and O–H groups in total. The van der Waals surface area contributed by atoms with Crippen LogP contribution >= 0.6 is 11.3 Å². The molecule has 1 amide bonds. The molecule has 2 aromatic heterocycles. The smallest absolute Gasteiger partial charge is 0.346 e. The second kappa shape index (κ2) is 5.53. The highest BCUT2D eigenvalue weighted by Gasteiger charge is 2.10. The lowest BCUT2D eigenvalue weighted by Crippen LogP contribution is -2.20. The van der Waals surface area contributed by atoms with Gasteiger partial charge in [0, 0.05) is 17.5 Å². The molecule has 2 heterocycles. The van der Waals surface area contributed by atoms with Gasteiger partial charge in [-0.1, -0.05) is 5.16 Å². The fourth-order valence-corrected chi connectivity index (χ4v) is 1.92. The van der Waals surface area contributed by atoms with Crippen molar-refractivity contribution in [2.45, 2.75) is 6.92 Å². The first-order valence-electron chi connectivity index (χ1n) is 5.22. The van der Waals surface area contributed by atoms with E-state index in [4.69, 9.17) is 14.4 Å². The minimum absolute atomic E-state index is 0.155. The van der Waals surface area contributed by atoms with E-state index in [1.54, 1.807) is 13.0 Å². The van der Waals surface area contributed by atoms with Gasteiger partial charge in [0.1, 0.15) is 16.4 Å². The lowest BCUT2D eigenvalue weighted by Gasteiger charge is -2.02. The molecule has 0 saturated heterocycles. The number of hydrogen-bond acceptors (Lipinski definition) is 6. The molecule has 8 heteroatoms. The van der Waals surface area contributed by atoms with Gasteiger partial charge in [-0.2, -0.15) is 0 Å². The topological polar surface area (TPSA) is 102 Å². The number of aryl methyl sites for hydroxylation is 1. The average Bonchev–Trinajstić information content (AvgIpc) is 2.96. The Morgan fingerprint density at radius 2 is 2.32 bits per heavy atom. The summed E-state index contributed by atoms with van der Waals surface area (Å²) in [6.45, 7) is 1.47. The van der Waals surface area contributed by atoms with E-state index in [-0.39, 0.29) is 11.5 Å². The molecule has 0 spiro atoms. The zero-order valence-electron chi connectivity index (χ0n) is 9.87. The minimum atomic E-state index is -1.03. The van der Waals surface area contributed by atoms with Gasteiger partial charge in [-0.15, -0.1) is 11.3 Å². The number of aromatic carboxylic acids is 1. The summed E-state index contributed by atoms with van der Waals surface area (Å²) in [6.07, 6.45) is 0. The maximum Gasteiger partial charge on any atom is 0.346 e. The number of carbonyl (C=O) groups is 2. The van der Waals surface area contributed by atoms with Crippen molar-refractivity contribution in [1.29, 1.82) is 0 Å². The normalized spacial score (nSPS) is 10.2. The molecule has 2 aromatic rings. The van der Waals surface area contributed by atoms with Crippen LogP contribution in [0.5, 0.6) is 5.75 Å². The van der Waals surface area contributed by atoms with Crippen molar-refractivity contribution in [2.75, 3.05) is 11.9 Å². The molecule has 100 valence electrons. The predicted molar refractivity (Wildman–Crippen MR) is 66.6 cm³/mol. The van der Waals surface area contributed by atoms with Crippen molar-refractivity contribution in [3.05, 3.63) is 28.2 Å². The van der Waals surface area contributed by atoms with E-state index in [0.29, 0.717) is 17.3 Å². The maximum atomic E-state index is 11.5. The fourth-order valence-electron chi connectivity index (χ4n) is 1.26. The highest BCUT2D eigenvalue weighted by atomic mass is 32.1. The van der Waals surface area contributed by atoms with Crippen LogP contribution in [-0.2, 0) is 4.79 Å². The zero-order chi connectivity index (χ0) is 13.8. The molecule has 2 rings (SSSR count). The van der Waals surface area contributed by atoms with E-state index in [9.17, 15) is 9.59 Å². The van der Waals surface area contributed by atoms with Crippen LogP contribution in [0.2, 0.25) is 0 Å². The summed E-state index contributed by atoms with van der Waals surface area (Å²) in [5.41, 5.74) is 0. The summed E-state index contributed by atoms with van der Waals surface area (Å²) in [5.74, 6) is -0.199. The van der Waals surface area contributed by atoms with Crippen molar-refractivity contribution in [3.63, 3.8) is 0 Å². The van der Waals surface area contributed by atoms with Gasteiger partial charge in [-0.05, 0) is 6.92 Å². The molecule has 19 heavy (non-hydrogen) atoms. The van der Waals surface area contributed by atoms with Crippen molar-refractivity contribution in [2.24, 2.45) is 0 Å². The molecule has 0 radical (unpaired) electrons. The van der Waals surface area contributed by atoms with Gasteiger partial charge < -0.3 is 19.7 Å². The van der Waals surface area contributed by atoms with E-state index in [1.165, 1.54) is 11.4 Å². The van der Waals surface area contributed by atoms with Gasteiger partial charge in [-0.3, -0.25) is 4.79 Å². The van der Waals surface area contributed by atoms with Crippen molar-refractivity contribution in [1.82, 2.24) is 5.16 Å². The van der Waals surface area contributed by atoms with Crippen LogP contribution in [0.4, 0.5) is 5.82 Å². The van der Waals surface area contributed by atoms with Crippen LogP contribution in [-0.4, -0.2) is 28.7 Å². The highest BCUT2D eigenvalue weighted by Crippen LogP contribution is 2.21. The number of ether oxygens (including phenoxy) is 1. The van der Waals surface area contributed by atoms with E-state index < -0.39 is 11.9 Å². The molecule has 0 atom stereocenters. The number of aromatic nitrogens is 1. The fraction of sp³-hybridized carbons (Fsp3) is 0.182. The Hall–Kier alpha value is -2.35. The van der Waals surface area contributed by atoms with E-state index in [0.717, 1.165) is 11.3 Å². The summed E-state index contributed by atoms with van der Waals surface area (Å²) >= 11 is 1.03. The Labute approximate surface area is 111 Å². The van der Waals surface area contributed by atoms with Gasteiger partial charge in [-0.25, -0.2) is 4.79 Å². The molecule has 0 unspecified atom stereocenters. The first-order valence-corrected chi connectivity index (χ1v) is 6.10. The quantitative estimate of drug-likeness (QED) is 0.866. The molecule has 0 aliphatic rings. The Bertz CT molecular complexity index is 604. The second-order valence-corrected chi connectivity index (χ2v) is 4.52. The first-order chi connectivity index (χ1) is 9.04. The Morgan fingerprint density at radius 3 is 2.89 bits per heavy atom. The maximum absolute atomic E-state index is 11.5. The summed E-state index contributed by atoms with van der Waals surface area (Å²) in [6, 6.07) is 2.94. The molecule has 0 bridgehead atoms. The number of amides is 1. The summed E-state index contributed by atoms with van der Waals surface area (Å²) in [4.78, 5) is 22.3. The molecule has 0 saturated carbocycles. The van der Waals surface area contributed by atoms with Gasteiger partial charge in [0.05, 0.1) is 0 Å². The van der Waals surface area contributed by atoms with Crippen LogP contribution in [0.25, 0.3) is 0 Å². The van der Waals surface area contributed by atoms with Gasteiger partial charge >= 0.3 is 5.97 Å². The minimum Gasteiger partial charge on any atom is -0.483 e.